The summed E-state index contributed by atoms with van der Waals surface area (Å²) in [4.78, 5) is 35.5. The first-order chi connectivity index (χ1) is 30.0. The maximum Gasteiger partial charge on any atom is 0.472 e. The van der Waals surface area contributed by atoms with Gasteiger partial charge in [0.05, 0.1) is 27.7 Å². The number of esters is 2. The molecule has 0 fully saturated rings. The molecule has 2 unspecified atom stereocenters. The van der Waals surface area contributed by atoms with Crippen molar-refractivity contribution in [3.63, 3.8) is 0 Å². The van der Waals surface area contributed by atoms with Gasteiger partial charge in [0.2, 0.25) is 0 Å². The van der Waals surface area contributed by atoms with Gasteiger partial charge < -0.3 is 18.9 Å². The first-order valence-electron chi connectivity index (χ1n) is 26.1. The van der Waals surface area contributed by atoms with Gasteiger partial charge in [-0.15, -0.1) is 0 Å². The fourth-order valence-electron chi connectivity index (χ4n) is 7.40. The van der Waals surface area contributed by atoms with Gasteiger partial charge in [0, 0.05) is 12.8 Å². The SMILES string of the molecule is CCCCCCC/C=C\C/C=C\CCCCCCCCCCCCCCCC(=O)OC(COC(=O)CCCCCCCCCCCCCCC)COP(=O)(O)OCC[N+](C)(C)C. The second kappa shape index (κ2) is 44.7. The number of nitrogens with zero attached hydrogens (tertiary/aromatic N) is 1. The van der Waals surface area contributed by atoms with Crippen molar-refractivity contribution in [3.8, 4) is 0 Å². The highest BCUT2D eigenvalue weighted by Crippen LogP contribution is 2.43. The topological polar surface area (TPSA) is 108 Å². The highest BCUT2D eigenvalue weighted by molar-refractivity contribution is 7.47. The highest BCUT2D eigenvalue weighted by Gasteiger charge is 2.27. The van der Waals surface area contributed by atoms with Crippen LogP contribution < -0.4 is 0 Å². The van der Waals surface area contributed by atoms with Gasteiger partial charge in [-0.25, -0.2) is 4.57 Å². The first kappa shape index (κ1) is 60.5. The molecule has 0 spiro atoms. The van der Waals surface area contributed by atoms with Crippen LogP contribution >= 0.6 is 7.82 Å². The van der Waals surface area contributed by atoms with Gasteiger partial charge in [-0.05, 0) is 44.9 Å². The van der Waals surface area contributed by atoms with Gasteiger partial charge in [-0.2, -0.15) is 0 Å². The summed E-state index contributed by atoms with van der Waals surface area (Å²) in [6, 6.07) is 0. The lowest BCUT2D eigenvalue weighted by Gasteiger charge is -2.24. The van der Waals surface area contributed by atoms with Crippen LogP contribution in [0.25, 0.3) is 0 Å². The van der Waals surface area contributed by atoms with Crippen LogP contribution in [0, 0.1) is 0 Å². The summed E-state index contributed by atoms with van der Waals surface area (Å²) >= 11 is 0. The Morgan fingerprint density at radius 1 is 0.500 bits per heavy atom. The van der Waals surface area contributed by atoms with E-state index in [1.54, 1.807) is 0 Å². The molecule has 1 N–H and O–H groups in total. The molecule has 0 saturated carbocycles. The average molecular weight is 899 g/mol. The number of hydrogen-bond acceptors (Lipinski definition) is 7. The number of ether oxygens (including phenoxy) is 2. The van der Waals surface area contributed by atoms with Crippen LogP contribution in [0.15, 0.2) is 24.3 Å². The maximum absolute atomic E-state index is 12.8. The monoisotopic (exact) mass is 899 g/mol. The molecule has 0 aromatic carbocycles. The van der Waals surface area contributed by atoms with E-state index in [1.807, 2.05) is 21.1 Å². The Morgan fingerprint density at radius 2 is 0.871 bits per heavy atom. The van der Waals surface area contributed by atoms with Gasteiger partial charge in [-0.1, -0.05) is 212 Å². The third-order valence-corrected chi connectivity index (χ3v) is 12.5. The standard InChI is InChI=1S/C52H100NO8P/c1-6-8-10-12-14-16-18-20-21-22-23-24-25-26-27-28-29-30-31-33-35-37-39-41-43-45-52(55)61-50(49-60-62(56,57)59-47-46-53(3,4)5)48-58-51(54)44-42-40-38-36-34-32-19-17-15-13-11-9-7-2/h18,20,22-23,50H,6-17,19,21,24-49H2,1-5H3/p+1/b20-18-,23-22-. The number of carbonyl (C=O) groups excluding carboxylic acids is 2. The van der Waals surface area contributed by atoms with Crippen molar-refractivity contribution in [2.75, 3.05) is 47.5 Å². The van der Waals surface area contributed by atoms with E-state index >= 15 is 0 Å². The average Bonchev–Trinajstić information content (AvgIpc) is 3.23. The Balaban J connectivity index is 4.15. The molecule has 0 aliphatic carbocycles. The Morgan fingerprint density at radius 3 is 1.27 bits per heavy atom. The van der Waals surface area contributed by atoms with E-state index in [2.05, 4.69) is 38.2 Å². The summed E-state index contributed by atoms with van der Waals surface area (Å²) in [6.45, 7) is 4.45. The van der Waals surface area contributed by atoms with Crippen molar-refractivity contribution in [3.05, 3.63) is 24.3 Å². The number of unbranched alkanes of at least 4 members (excludes halogenated alkanes) is 30. The van der Waals surface area contributed by atoms with Crippen LogP contribution in [0.3, 0.4) is 0 Å². The van der Waals surface area contributed by atoms with Crippen molar-refractivity contribution >= 4 is 19.8 Å². The largest absolute Gasteiger partial charge is 0.472 e. The Labute approximate surface area is 383 Å². The van der Waals surface area contributed by atoms with Gasteiger partial charge in [0.15, 0.2) is 6.10 Å². The molecule has 0 radical (unpaired) electrons. The fourth-order valence-corrected chi connectivity index (χ4v) is 8.14. The quantitative estimate of drug-likeness (QED) is 0.0211. The Kier molecular flexibility index (Phi) is 43.6. The van der Waals surface area contributed by atoms with E-state index in [0.717, 1.165) is 38.5 Å². The van der Waals surface area contributed by atoms with Crippen LogP contribution in [0.5, 0.6) is 0 Å². The van der Waals surface area contributed by atoms with E-state index in [9.17, 15) is 19.0 Å². The maximum atomic E-state index is 12.8. The molecule has 2 atom stereocenters. The summed E-state index contributed by atoms with van der Waals surface area (Å²) in [6.07, 6.45) is 50.9. The van der Waals surface area contributed by atoms with Crippen molar-refractivity contribution in [1.82, 2.24) is 0 Å². The summed E-state index contributed by atoms with van der Waals surface area (Å²) in [7, 11) is 1.49. The molecule has 0 bridgehead atoms. The lowest BCUT2D eigenvalue weighted by molar-refractivity contribution is -0.870. The van der Waals surface area contributed by atoms with Crippen LogP contribution in [-0.2, 0) is 32.7 Å². The predicted octanol–water partition coefficient (Wildman–Crippen LogP) is 15.5. The molecule has 0 aliphatic rings. The first-order valence-corrected chi connectivity index (χ1v) is 27.6. The third kappa shape index (κ3) is 48.0. The molecule has 0 heterocycles. The number of allylic oxidation sites excluding steroid dienone is 4. The van der Waals surface area contributed by atoms with E-state index < -0.39 is 26.5 Å². The van der Waals surface area contributed by atoms with E-state index in [0.29, 0.717) is 23.9 Å². The van der Waals surface area contributed by atoms with E-state index in [4.69, 9.17) is 18.5 Å². The van der Waals surface area contributed by atoms with Crippen LogP contribution in [0.1, 0.15) is 245 Å². The van der Waals surface area contributed by atoms with E-state index in [1.165, 1.54) is 173 Å². The van der Waals surface area contributed by atoms with Crippen LogP contribution in [0.4, 0.5) is 0 Å². The Bertz CT molecular complexity index is 1110. The molecule has 0 saturated heterocycles. The van der Waals surface area contributed by atoms with Gasteiger partial charge in [-0.3, -0.25) is 18.6 Å². The zero-order valence-electron chi connectivity index (χ0n) is 41.4. The minimum Gasteiger partial charge on any atom is -0.462 e. The zero-order valence-corrected chi connectivity index (χ0v) is 42.3. The number of rotatable bonds is 48. The third-order valence-electron chi connectivity index (χ3n) is 11.5. The number of likely N-dealkylation sites (N-methyl/N-ethyl adjacent to an activating group) is 1. The number of carbonyl (C=O) groups is 2. The normalized spacial score (nSPS) is 13.6. The molecule has 62 heavy (non-hydrogen) atoms. The minimum absolute atomic E-state index is 0.0341. The highest BCUT2D eigenvalue weighted by atomic mass is 31.2. The van der Waals surface area contributed by atoms with Crippen molar-refractivity contribution in [2.24, 2.45) is 0 Å². The lowest BCUT2D eigenvalue weighted by atomic mass is 10.0. The Hall–Kier alpha value is -1.51. The number of phosphoric acid groups is 1. The second-order valence-electron chi connectivity index (χ2n) is 18.9. The van der Waals surface area contributed by atoms with Gasteiger partial charge >= 0.3 is 19.8 Å². The van der Waals surface area contributed by atoms with Crippen LogP contribution in [-0.4, -0.2) is 74.9 Å². The summed E-state index contributed by atoms with van der Waals surface area (Å²) in [5.74, 6) is -0.787. The molecule has 10 heteroatoms. The van der Waals surface area contributed by atoms with Gasteiger partial charge in [0.1, 0.15) is 19.8 Å². The van der Waals surface area contributed by atoms with Crippen molar-refractivity contribution < 1.29 is 42.1 Å². The molecule has 0 aromatic heterocycles. The second-order valence-corrected chi connectivity index (χ2v) is 20.4. The molecule has 0 rings (SSSR count). The lowest BCUT2D eigenvalue weighted by Crippen LogP contribution is -2.37. The minimum atomic E-state index is -4.37. The molecular weight excluding hydrogens is 798 g/mol. The molecule has 0 amide bonds. The fraction of sp³-hybridized carbons (Fsp3) is 0.885. The molecular formula is C52H101NO8P+. The van der Waals surface area contributed by atoms with Crippen LogP contribution in [0.2, 0.25) is 0 Å². The zero-order chi connectivity index (χ0) is 45.7. The smallest absolute Gasteiger partial charge is 0.462 e. The molecule has 366 valence electrons. The molecule has 9 nitrogen and oxygen atoms in total. The number of quaternary nitrogens is 1. The molecule has 0 aliphatic heterocycles. The number of phosphoric ester groups is 1. The summed E-state index contributed by atoms with van der Waals surface area (Å²) in [5.41, 5.74) is 0. The summed E-state index contributed by atoms with van der Waals surface area (Å²) in [5, 5.41) is 0. The van der Waals surface area contributed by atoms with Crippen molar-refractivity contribution in [2.45, 2.75) is 251 Å². The van der Waals surface area contributed by atoms with E-state index in [-0.39, 0.29) is 25.6 Å². The molecule has 0 aromatic rings. The van der Waals surface area contributed by atoms with Crippen molar-refractivity contribution in [1.29, 1.82) is 0 Å². The number of hydrogen-bond donors (Lipinski definition) is 1. The predicted molar refractivity (Wildman–Crippen MR) is 261 cm³/mol. The summed E-state index contributed by atoms with van der Waals surface area (Å²) < 4.78 is 34.4. The van der Waals surface area contributed by atoms with Gasteiger partial charge in [0.25, 0.3) is 0 Å².